The second-order valence-corrected chi connectivity index (χ2v) is 13.0. The maximum atomic E-state index is 14.1. The summed E-state index contributed by atoms with van der Waals surface area (Å²) in [6.07, 6.45) is 0. The van der Waals surface area contributed by atoms with E-state index in [0.29, 0.717) is 47.5 Å². The molecule has 3 aromatic carbocycles. The summed E-state index contributed by atoms with van der Waals surface area (Å²) in [5, 5.41) is 1.28. The summed E-state index contributed by atoms with van der Waals surface area (Å²) >= 11 is 18.8. The molecule has 0 N–H and O–H groups in total. The molecular formula is C28H28Cl3FN4O3S. The van der Waals surface area contributed by atoms with Gasteiger partial charge in [0.25, 0.3) is 0 Å². The van der Waals surface area contributed by atoms with Crippen LogP contribution in [0.15, 0.2) is 65.6 Å². The minimum Gasteiger partial charge on any atom is -0.367 e. The van der Waals surface area contributed by atoms with Gasteiger partial charge in [0, 0.05) is 56.5 Å². The zero-order valence-electron chi connectivity index (χ0n) is 21.7. The highest BCUT2D eigenvalue weighted by Crippen LogP contribution is 2.32. The smallest absolute Gasteiger partial charge is 0.246 e. The van der Waals surface area contributed by atoms with E-state index in [0.717, 1.165) is 5.69 Å². The van der Waals surface area contributed by atoms with Crippen LogP contribution < -0.4 is 9.80 Å². The van der Waals surface area contributed by atoms with Crippen LogP contribution in [0.4, 0.5) is 15.8 Å². The first-order valence-electron chi connectivity index (χ1n) is 12.8. The van der Waals surface area contributed by atoms with Crippen molar-refractivity contribution in [3.8, 4) is 0 Å². The van der Waals surface area contributed by atoms with Crippen molar-refractivity contribution >= 4 is 62.1 Å². The lowest BCUT2D eigenvalue weighted by molar-refractivity contribution is -0.133. The van der Waals surface area contributed by atoms with Gasteiger partial charge in [0.05, 0.1) is 15.7 Å². The van der Waals surface area contributed by atoms with E-state index in [2.05, 4.69) is 4.90 Å². The van der Waals surface area contributed by atoms with Gasteiger partial charge in [-0.1, -0.05) is 46.9 Å². The molecule has 0 aromatic heterocycles. The van der Waals surface area contributed by atoms with E-state index < -0.39 is 16.1 Å². The van der Waals surface area contributed by atoms with Crippen molar-refractivity contribution in [1.29, 1.82) is 0 Å². The molecule has 2 aliphatic heterocycles. The number of hydrogen-bond acceptors (Lipinski definition) is 5. The number of benzene rings is 3. The van der Waals surface area contributed by atoms with Crippen molar-refractivity contribution in [3.63, 3.8) is 0 Å². The molecule has 5 rings (SSSR count). The molecule has 12 heteroatoms. The van der Waals surface area contributed by atoms with Crippen LogP contribution in [0.2, 0.25) is 15.1 Å². The maximum Gasteiger partial charge on any atom is 0.246 e. The van der Waals surface area contributed by atoms with Crippen molar-refractivity contribution in [2.45, 2.75) is 17.9 Å². The first kappa shape index (κ1) is 29.0. The predicted molar refractivity (Wildman–Crippen MR) is 158 cm³/mol. The fraction of sp³-hybridized carbons (Fsp3) is 0.321. The Morgan fingerprint density at radius 2 is 1.57 bits per heavy atom. The second-order valence-electron chi connectivity index (χ2n) is 9.84. The molecule has 0 spiro atoms. The van der Waals surface area contributed by atoms with Gasteiger partial charge in [0.15, 0.2) is 0 Å². The second kappa shape index (κ2) is 11.7. The van der Waals surface area contributed by atoms with Crippen molar-refractivity contribution in [2.75, 3.05) is 55.6 Å². The summed E-state index contributed by atoms with van der Waals surface area (Å²) in [5.74, 6) is -0.570. The van der Waals surface area contributed by atoms with Crippen molar-refractivity contribution < 1.29 is 17.6 Å². The van der Waals surface area contributed by atoms with Crippen LogP contribution in [-0.2, 0) is 14.8 Å². The van der Waals surface area contributed by atoms with E-state index in [-0.39, 0.29) is 41.3 Å². The standard InChI is InChI=1S/C28H28Cl3FN4O3S/c1-19-16-21(32)7-9-24(19)36-15-14-35(40(38,39)27-5-3-2-4-23(27)31)18-26(36)28(37)34-12-10-33(11-13-34)25-17-20(29)6-8-22(25)30/h2-9,16-17,26H,10-15,18H2,1H3. The monoisotopic (exact) mass is 624 g/mol. The molecule has 0 radical (unpaired) electrons. The van der Waals surface area contributed by atoms with Crippen molar-refractivity contribution in [2.24, 2.45) is 0 Å². The fourth-order valence-electron chi connectivity index (χ4n) is 5.32. The van der Waals surface area contributed by atoms with E-state index in [1.807, 2.05) is 4.90 Å². The molecule has 2 heterocycles. The van der Waals surface area contributed by atoms with Crippen LogP contribution in [0.1, 0.15) is 5.56 Å². The zero-order chi connectivity index (χ0) is 28.6. The normalized spacial score (nSPS) is 18.7. The van der Waals surface area contributed by atoms with Gasteiger partial charge in [-0.3, -0.25) is 4.79 Å². The molecule has 3 aromatic rings. The first-order valence-corrected chi connectivity index (χ1v) is 15.4. The summed E-state index contributed by atoms with van der Waals surface area (Å²) in [6, 6.07) is 15.1. The molecule has 212 valence electrons. The molecule has 0 aliphatic carbocycles. The Morgan fingerprint density at radius 1 is 0.850 bits per heavy atom. The number of halogens is 4. The SMILES string of the molecule is Cc1cc(F)ccc1N1CCN(S(=O)(=O)c2ccccc2Cl)CC1C(=O)N1CCN(c2cc(Cl)ccc2Cl)CC1. The van der Waals surface area contributed by atoms with E-state index in [4.69, 9.17) is 34.8 Å². The summed E-state index contributed by atoms with van der Waals surface area (Å²) in [7, 11) is -3.96. The maximum absolute atomic E-state index is 14.1. The van der Waals surface area contributed by atoms with Crippen LogP contribution in [-0.4, -0.2) is 75.4 Å². The van der Waals surface area contributed by atoms with Crippen LogP contribution in [0, 0.1) is 12.7 Å². The number of aryl methyl sites for hydroxylation is 1. The Morgan fingerprint density at radius 3 is 2.27 bits per heavy atom. The fourth-order valence-corrected chi connectivity index (χ4v) is 7.65. The summed E-state index contributed by atoms with van der Waals surface area (Å²) in [4.78, 5) is 19.8. The largest absolute Gasteiger partial charge is 0.367 e. The highest BCUT2D eigenvalue weighted by atomic mass is 35.5. The Labute approximate surface area is 248 Å². The van der Waals surface area contributed by atoms with Crippen LogP contribution >= 0.6 is 34.8 Å². The number of nitrogens with zero attached hydrogens (tertiary/aromatic N) is 4. The number of hydrogen-bond donors (Lipinski definition) is 0. The van der Waals surface area contributed by atoms with Crippen molar-refractivity contribution in [1.82, 2.24) is 9.21 Å². The minimum atomic E-state index is -3.96. The average molecular weight is 626 g/mol. The van der Waals surface area contributed by atoms with Gasteiger partial charge < -0.3 is 14.7 Å². The summed E-state index contributed by atoms with van der Waals surface area (Å²) in [5.41, 5.74) is 2.17. The molecular weight excluding hydrogens is 598 g/mol. The van der Waals surface area contributed by atoms with Crippen LogP contribution in [0.25, 0.3) is 0 Å². The van der Waals surface area contributed by atoms with E-state index in [9.17, 15) is 17.6 Å². The van der Waals surface area contributed by atoms with Gasteiger partial charge in [0.2, 0.25) is 15.9 Å². The zero-order valence-corrected chi connectivity index (χ0v) is 24.8. The highest BCUT2D eigenvalue weighted by Gasteiger charge is 2.41. The van der Waals surface area contributed by atoms with E-state index in [1.165, 1.54) is 28.6 Å². The topological polar surface area (TPSA) is 64.2 Å². The quantitative estimate of drug-likeness (QED) is 0.384. The van der Waals surface area contributed by atoms with Gasteiger partial charge >= 0.3 is 0 Å². The molecule has 2 aliphatic rings. The number of piperazine rings is 2. The van der Waals surface area contributed by atoms with Gasteiger partial charge in [0.1, 0.15) is 16.8 Å². The highest BCUT2D eigenvalue weighted by molar-refractivity contribution is 7.89. The predicted octanol–water partition coefficient (Wildman–Crippen LogP) is 5.32. The van der Waals surface area contributed by atoms with Gasteiger partial charge in [-0.15, -0.1) is 0 Å². The van der Waals surface area contributed by atoms with E-state index >= 15 is 0 Å². The third-order valence-electron chi connectivity index (χ3n) is 7.39. The van der Waals surface area contributed by atoms with Crippen LogP contribution in [0.3, 0.4) is 0 Å². The van der Waals surface area contributed by atoms with Crippen molar-refractivity contribution in [3.05, 3.63) is 87.1 Å². The van der Waals surface area contributed by atoms with Gasteiger partial charge in [-0.05, 0) is 61.0 Å². The third kappa shape index (κ3) is 5.76. The number of anilines is 2. The summed E-state index contributed by atoms with van der Waals surface area (Å²) in [6.45, 7) is 4.03. The molecule has 0 bridgehead atoms. The van der Waals surface area contributed by atoms with E-state index in [1.54, 1.807) is 48.2 Å². The molecule has 2 fully saturated rings. The van der Waals surface area contributed by atoms with Crippen LogP contribution in [0.5, 0.6) is 0 Å². The molecule has 1 amide bonds. The Kier molecular flexibility index (Phi) is 8.50. The number of amides is 1. The Hall–Kier alpha value is -2.56. The summed E-state index contributed by atoms with van der Waals surface area (Å²) < 4.78 is 42.4. The lowest BCUT2D eigenvalue weighted by Gasteiger charge is -2.45. The first-order chi connectivity index (χ1) is 19.1. The molecule has 1 atom stereocenters. The molecule has 1 unspecified atom stereocenters. The Bertz CT molecular complexity index is 1530. The van der Waals surface area contributed by atoms with Gasteiger partial charge in [-0.25, -0.2) is 12.8 Å². The van der Waals surface area contributed by atoms with Gasteiger partial charge in [-0.2, -0.15) is 4.31 Å². The number of rotatable bonds is 5. The number of carbonyl (C=O) groups excluding carboxylic acids is 1. The molecule has 0 saturated carbocycles. The Balaban J connectivity index is 1.41. The lowest BCUT2D eigenvalue weighted by Crippen LogP contribution is -2.62. The number of carbonyl (C=O) groups is 1. The molecule has 7 nitrogen and oxygen atoms in total. The molecule has 2 saturated heterocycles. The third-order valence-corrected chi connectivity index (χ3v) is 10.3. The minimum absolute atomic E-state index is 0.00120. The lowest BCUT2D eigenvalue weighted by atomic mass is 10.1. The number of sulfonamides is 1. The average Bonchev–Trinajstić information content (AvgIpc) is 2.94. The molecule has 40 heavy (non-hydrogen) atoms.